The third kappa shape index (κ3) is 4.31. The summed E-state index contributed by atoms with van der Waals surface area (Å²) in [5.41, 5.74) is 5.01. The molecule has 3 aromatic carbocycles. The number of nitrogens with zero attached hydrogens (tertiary/aromatic N) is 1. The molecule has 0 fully saturated rings. The molecule has 0 atom stereocenters. The van der Waals surface area contributed by atoms with Crippen LogP contribution in [0.2, 0.25) is 0 Å². The Kier molecular flexibility index (Phi) is 5.46. The second-order valence-electron chi connectivity index (χ2n) is 7.21. The molecule has 1 heterocycles. The van der Waals surface area contributed by atoms with Crippen molar-refractivity contribution in [3.05, 3.63) is 66.7 Å². The van der Waals surface area contributed by atoms with E-state index in [-0.39, 0.29) is 0 Å². The number of hydrogen-bond donors (Lipinski definition) is 3. The van der Waals surface area contributed by atoms with Gasteiger partial charge < -0.3 is 10.6 Å². The topological polar surface area (TPSA) is 83.1 Å². The first-order valence-corrected chi connectivity index (χ1v) is 11.7. The molecular formula is C23H24N4O2S. The van der Waals surface area contributed by atoms with Crippen LogP contribution in [0, 0.1) is 0 Å². The second kappa shape index (κ2) is 8.20. The van der Waals surface area contributed by atoms with Crippen LogP contribution in [0.5, 0.6) is 0 Å². The summed E-state index contributed by atoms with van der Waals surface area (Å²) in [5.74, 6) is 0. The van der Waals surface area contributed by atoms with Crippen molar-refractivity contribution in [3.63, 3.8) is 0 Å². The first-order valence-electron chi connectivity index (χ1n) is 9.85. The van der Waals surface area contributed by atoms with E-state index in [2.05, 4.69) is 34.4 Å². The van der Waals surface area contributed by atoms with Crippen LogP contribution in [0.3, 0.4) is 0 Å². The van der Waals surface area contributed by atoms with Gasteiger partial charge >= 0.3 is 0 Å². The predicted octanol–water partition coefficient (Wildman–Crippen LogP) is 5.33. The molecular weight excluding hydrogens is 396 g/mol. The lowest BCUT2D eigenvalue weighted by atomic mass is 10.1. The van der Waals surface area contributed by atoms with E-state index in [9.17, 15) is 8.42 Å². The average molecular weight is 421 g/mol. The Bertz CT molecular complexity index is 1270. The maximum Gasteiger partial charge on any atom is 0.229 e. The molecule has 0 bridgehead atoms. The van der Waals surface area contributed by atoms with Crippen molar-refractivity contribution in [1.82, 2.24) is 4.98 Å². The number of nitrogens with one attached hydrogen (secondary N) is 3. The molecule has 0 aliphatic heterocycles. The third-order valence-corrected chi connectivity index (χ3v) is 5.34. The van der Waals surface area contributed by atoms with Crippen molar-refractivity contribution >= 4 is 54.6 Å². The van der Waals surface area contributed by atoms with Crippen molar-refractivity contribution in [1.29, 1.82) is 0 Å². The molecule has 0 radical (unpaired) electrons. The van der Waals surface area contributed by atoms with E-state index < -0.39 is 10.0 Å². The van der Waals surface area contributed by atoms with Crippen LogP contribution < -0.4 is 15.4 Å². The van der Waals surface area contributed by atoms with Crippen molar-refractivity contribution in [3.8, 4) is 0 Å². The van der Waals surface area contributed by atoms with Gasteiger partial charge in [-0.1, -0.05) is 43.3 Å². The lowest BCUT2D eigenvalue weighted by molar-refractivity contribution is 0.607. The molecule has 154 valence electrons. The number of aromatic nitrogens is 1. The van der Waals surface area contributed by atoms with Crippen LogP contribution in [0.1, 0.15) is 13.3 Å². The molecule has 0 aliphatic rings. The average Bonchev–Trinajstić information content (AvgIpc) is 2.72. The van der Waals surface area contributed by atoms with Crippen LogP contribution in [0.15, 0.2) is 66.7 Å². The zero-order valence-electron chi connectivity index (χ0n) is 16.9. The van der Waals surface area contributed by atoms with Crippen LogP contribution in [0.4, 0.5) is 22.7 Å². The van der Waals surface area contributed by atoms with Crippen molar-refractivity contribution in [2.45, 2.75) is 13.3 Å². The van der Waals surface area contributed by atoms with Crippen molar-refractivity contribution in [2.75, 3.05) is 28.2 Å². The molecule has 1 aromatic heterocycles. The predicted molar refractivity (Wildman–Crippen MR) is 126 cm³/mol. The minimum atomic E-state index is -3.35. The maximum atomic E-state index is 11.6. The smallest absolute Gasteiger partial charge is 0.229 e. The van der Waals surface area contributed by atoms with Crippen molar-refractivity contribution in [2.24, 2.45) is 0 Å². The zero-order chi connectivity index (χ0) is 21.1. The van der Waals surface area contributed by atoms with Crippen LogP contribution in [0.25, 0.3) is 21.8 Å². The number of hydrogen-bond acceptors (Lipinski definition) is 5. The molecule has 0 saturated carbocycles. The Balaban J connectivity index is 1.84. The summed E-state index contributed by atoms with van der Waals surface area (Å²) < 4.78 is 25.8. The molecule has 4 rings (SSSR count). The van der Waals surface area contributed by atoms with Crippen LogP contribution in [-0.4, -0.2) is 26.2 Å². The summed E-state index contributed by atoms with van der Waals surface area (Å²) in [4.78, 5) is 4.77. The van der Waals surface area contributed by atoms with Crippen LogP contribution >= 0.6 is 0 Å². The monoisotopic (exact) mass is 420 g/mol. The number of benzene rings is 3. The number of anilines is 4. The molecule has 0 amide bonds. The molecule has 7 heteroatoms. The number of sulfonamides is 1. The highest BCUT2D eigenvalue weighted by Gasteiger charge is 2.12. The lowest BCUT2D eigenvalue weighted by Gasteiger charge is -2.18. The van der Waals surface area contributed by atoms with Gasteiger partial charge in [0.15, 0.2) is 0 Å². The minimum absolute atomic E-state index is 0.520. The highest BCUT2D eigenvalue weighted by Crippen LogP contribution is 2.36. The number of fused-ring (bicyclic) bond motifs is 2. The minimum Gasteiger partial charge on any atom is -0.383 e. The van der Waals surface area contributed by atoms with Gasteiger partial charge in [-0.05, 0) is 36.8 Å². The first-order chi connectivity index (χ1) is 14.4. The molecule has 0 aliphatic carbocycles. The molecule has 3 N–H and O–H groups in total. The summed E-state index contributed by atoms with van der Waals surface area (Å²) in [6.45, 7) is 2.86. The van der Waals surface area contributed by atoms with Gasteiger partial charge in [0.05, 0.1) is 40.0 Å². The van der Waals surface area contributed by atoms with E-state index >= 15 is 0 Å². The molecule has 0 saturated heterocycles. The summed E-state index contributed by atoms with van der Waals surface area (Å²) >= 11 is 0. The van der Waals surface area contributed by atoms with Gasteiger partial charge in [0.2, 0.25) is 10.0 Å². The fourth-order valence-electron chi connectivity index (χ4n) is 3.45. The second-order valence-corrected chi connectivity index (χ2v) is 8.96. The SMILES string of the molecule is CCCNc1cc(NS(C)(=O)=O)ccc1Nc1c2ccccc2nc2ccccc12. The van der Waals surface area contributed by atoms with Gasteiger partial charge in [-0.2, -0.15) is 0 Å². The lowest BCUT2D eigenvalue weighted by Crippen LogP contribution is -2.10. The largest absolute Gasteiger partial charge is 0.383 e. The Morgan fingerprint density at radius 1 is 0.867 bits per heavy atom. The van der Waals surface area contributed by atoms with Gasteiger partial charge in [-0.3, -0.25) is 4.72 Å². The summed E-state index contributed by atoms with van der Waals surface area (Å²) in [7, 11) is -3.35. The fourth-order valence-corrected chi connectivity index (χ4v) is 4.00. The Morgan fingerprint density at radius 3 is 2.10 bits per heavy atom. The molecule has 0 unspecified atom stereocenters. The maximum absolute atomic E-state index is 11.6. The van der Waals surface area contributed by atoms with Gasteiger partial charge in [-0.15, -0.1) is 0 Å². The van der Waals surface area contributed by atoms with Gasteiger partial charge in [0.1, 0.15) is 0 Å². The Labute approximate surface area is 176 Å². The van der Waals surface area contributed by atoms with Crippen molar-refractivity contribution < 1.29 is 8.42 Å². The number of rotatable bonds is 7. The van der Waals surface area contributed by atoms with E-state index in [4.69, 9.17) is 4.98 Å². The molecule has 0 spiro atoms. The van der Waals surface area contributed by atoms with E-state index in [1.165, 1.54) is 0 Å². The fraction of sp³-hybridized carbons (Fsp3) is 0.174. The van der Waals surface area contributed by atoms with E-state index in [1.54, 1.807) is 6.07 Å². The third-order valence-electron chi connectivity index (χ3n) is 4.74. The van der Waals surface area contributed by atoms with Crippen LogP contribution in [-0.2, 0) is 10.0 Å². The zero-order valence-corrected chi connectivity index (χ0v) is 17.8. The normalized spacial score (nSPS) is 11.5. The molecule has 4 aromatic rings. The Hall–Kier alpha value is -3.32. The summed E-state index contributed by atoms with van der Waals surface area (Å²) in [6.07, 6.45) is 2.10. The number of para-hydroxylation sites is 2. The summed E-state index contributed by atoms with van der Waals surface area (Å²) in [6, 6.07) is 21.5. The highest BCUT2D eigenvalue weighted by molar-refractivity contribution is 7.92. The summed E-state index contributed by atoms with van der Waals surface area (Å²) in [5, 5.41) is 9.02. The van der Waals surface area contributed by atoms with E-state index in [0.717, 1.165) is 58.1 Å². The van der Waals surface area contributed by atoms with E-state index in [1.807, 2.05) is 48.5 Å². The van der Waals surface area contributed by atoms with Gasteiger partial charge in [0.25, 0.3) is 0 Å². The van der Waals surface area contributed by atoms with Gasteiger partial charge in [0, 0.05) is 17.3 Å². The molecule has 30 heavy (non-hydrogen) atoms. The van der Waals surface area contributed by atoms with Gasteiger partial charge in [-0.25, -0.2) is 13.4 Å². The number of pyridine rings is 1. The molecule has 6 nitrogen and oxygen atoms in total. The quantitative estimate of drug-likeness (QED) is 0.352. The van der Waals surface area contributed by atoms with E-state index in [0.29, 0.717) is 5.69 Å². The Morgan fingerprint density at radius 2 is 1.50 bits per heavy atom. The highest BCUT2D eigenvalue weighted by atomic mass is 32.2. The first kappa shape index (κ1) is 20.0. The standard InChI is InChI=1S/C23H24N4O2S/c1-3-14-24-22-15-16(27-30(2,28)29)12-13-21(22)26-23-17-8-4-6-10-19(17)25-20-11-7-5-9-18(20)23/h4-13,15,24,27H,3,14H2,1-2H3,(H,25,26).